The highest BCUT2D eigenvalue weighted by molar-refractivity contribution is 5.30. The average Bonchev–Trinajstić information content (AvgIpc) is 2.32. The molecule has 0 saturated heterocycles. The highest BCUT2D eigenvalue weighted by atomic mass is 16.5. The summed E-state index contributed by atoms with van der Waals surface area (Å²) in [6, 6.07) is 1.84. The Morgan fingerprint density at radius 2 is 2.24 bits per heavy atom. The summed E-state index contributed by atoms with van der Waals surface area (Å²) in [7, 11) is 0. The van der Waals surface area contributed by atoms with Gasteiger partial charge in [-0.2, -0.15) is 4.98 Å². The van der Waals surface area contributed by atoms with Crippen molar-refractivity contribution in [1.29, 1.82) is 0 Å². The molecule has 0 aromatic carbocycles. The molecule has 0 bridgehead atoms. The molecule has 5 nitrogen and oxygen atoms in total. The highest BCUT2D eigenvalue weighted by Gasteiger charge is 2.04. The molecule has 0 aliphatic carbocycles. The van der Waals surface area contributed by atoms with Crippen LogP contribution in [0.1, 0.15) is 26.0 Å². The van der Waals surface area contributed by atoms with Crippen molar-refractivity contribution in [2.75, 3.05) is 25.0 Å². The van der Waals surface area contributed by atoms with Crippen LogP contribution in [0.3, 0.4) is 0 Å². The van der Waals surface area contributed by atoms with Crippen molar-refractivity contribution < 1.29 is 4.74 Å². The minimum absolute atomic E-state index is 0.402. The van der Waals surface area contributed by atoms with Crippen LogP contribution in [-0.4, -0.2) is 29.7 Å². The third-order valence-corrected chi connectivity index (χ3v) is 2.30. The van der Waals surface area contributed by atoms with Crippen molar-refractivity contribution in [2.45, 2.75) is 27.2 Å². The van der Waals surface area contributed by atoms with Crippen molar-refractivity contribution >= 4 is 5.95 Å². The normalized spacial score (nSPS) is 12.2. The summed E-state index contributed by atoms with van der Waals surface area (Å²) in [5.74, 6) is 1.64. The molecule has 0 spiro atoms. The first-order valence-electron chi connectivity index (χ1n) is 6.08. The molecular formula is C12H22N4O. The largest absolute Gasteiger partial charge is 0.478 e. The van der Waals surface area contributed by atoms with E-state index in [-0.39, 0.29) is 0 Å². The molecule has 1 aromatic heterocycles. The minimum atomic E-state index is 0.402. The fraction of sp³-hybridized carbons (Fsp3) is 0.667. The molecule has 0 aliphatic heterocycles. The van der Waals surface area contributed by atoms with Gasteiger partial charge in [0.05, 0.1) is 6.61 Å². The third kappa shape index (κ3) is 4.99. The number of nitrogens with zero attached hydrogens (tertiary/aromatic N) is 2. The Morgan fingerprint density at radius 1 is 1.47 bits per heavy atom. The summed E-state index contributed by atoms with van der Waals surface area (Å²) in [4.78, 5) is 8.60. The topological polar surface area (TPSA) is 73.1 Å². The summed E-state index contributed by atoms with van der Waals surface area (Å²) in [5.41, 5.74) is 6.45. The monoisotopic (exact) mass is 238 g/mol. The SMILES string of the molecule is CCCOc1cc(C)nc(NCC(C)CN)n1. The first-order valence-corrected chi connectivity index (χ1v) is 6.08. The van der Waals surface area contributed by atoms with E-state index in [0.29, 0.717) is 30.9 Å². The zero-order chi connectivity index (χ0) is 12.7. The number of hydrogen-bond acceptors (Lipinski definition) is 5. The smallest absolute Gasteiger partial charge is 0.226 e. The lowest BCUT2D eigenvalue weighted by Crippen LogP contribution is -2.20. The molecule has 5 heteroatoms. The Kier molecular flexibility index (Phi) is 5.69. The summed E-state index contributed by atoms with van der Waals surface area (Å²) in [5, 5.41) is 3.17. The summed E-state index contributed by atoms with van der Waals surface area (Å²) >= 11 is 0. The predicted octanol–water partition coefficient (Wildman–Crippen LogP) is 1.58. The van der Waals surface area contributed by atoms with Crippen LogP contribution in [0.25, 0.3) is 0 Å². The zero-order valence-electron chi connectivity index (χ0n) is 10.9. The van der Waals surface area contributed by atoms with Crippen LogP contribution in [0.5, 0.6) is 5.88 Å². The van der Waals surface area contributed by atoms with Crippen molar-refractivity contribution in [2.24, 2.45) is 11.7 Å². The van der Waals surface area contributed by atoms with Gasteiger partial charge in [-0.1, -0.05) is 13.8 Å². The Balaban J connectivity index is 2.61. The molecular weight excluding hydrogens is 216 g/mol. The number of aryl methyl sites for hydroxylation is 1. The van der Waals surface area contributed by atoms with E-state index in [2.05, 4.69) is 29.1 Å². The van der Waals surface area contributed by atoms with Crippen LogP contribution >= 0.6 is 0 Å². The number of nitrogens with one attached hydrogen (secondary N) is 1. The standard InChI is InChI=1S/C12H22N4O/c1-4-5-17-11-6-10(3)15-12(16-11)14-8-9(2)7-13/h6,9H,4-5,7-8,13H2,1-3H3,(H,14,15,16). The van der Waals surface area contributed by atoms with Gasteiger partial charge < -0.3 is 15.8 Å². The number of anilines is 1. The maximum Gasteiger partial charge on any atom is 0.226 e. The van der Waals surface area contributed by atoms with Crippen molar-refractivity contribution in [1.82, 2.24) is 9.97 Å². The fourth-order valence-electron chi connectivity index (χ4n) is 1.25. The van der Waals surface area contributed by atoms with E-state index in [4.69, 9.17) is 10.5 Å². The number of hydrogen-bond donors (Lipinski definition) is 2. The highest BCUT2D eigenvalue weighted by Crippen LogP contribution is 2.12. The molecule has 17 heavy (non-hydrogen) atoms. The van der Waals surface area contributed by atoms with Gasteiger partial charge in [0, 0.05) is 18.3 Å². The van der Waals surface area contributed by atoms with Crippen molar-refractivity contribution in [3.63, 3.8) is 0 Å². The summed E-state index contributed by atoms with van der Waals surface area (Å²) in [6.07, 6.45) is 0.968. The van der Waals surface area contributed by atoms with E-state index in [0.717, 1.165) is 18.7 Å². The first-order chi connectivity index (χ1) is 8.15. The first kappa shape index (κ1) is 13.7. The third-order valence-electron chi connectivity index (χ3n) is 2.30. The van der Waals surface area contributed by atoms with Crippen LogP contribution in [-0.2, 0) is 0 Å². The molecule has 3 N–H and O–H groups in total. The maximum absolute atomic E-state index is 5.56. The van der Waals surface area contributed by atoms with Gasteiger partial charge in [0.1, 0.15) is 0 Å². The van der Waals surface area contributed by atoms with Crippen LogP contribution in [0.2, 0.25) is 0 Å². The molecule has 0 aliphatic rings. The van der Waals surface area contributed by atoms with Crippen LogP contribution in [0, 0.1) is 12.8 Å². The van der Waals surface area contributed by atoms with Crippen LogP contribution in [0.15, 0.2) is 6.07 Å². The van der Waals surface area contributed by atoms with Gasteiger partial charge in [-0.3, -0.25) is 0 Å². The molecule has 1 rings (SSSR count). The molecule has 0 radical (unpaired) electrons. The zero-order valence-corrected chi connectivity index (χ0v) is 10.9. The molecule has 0 saturated carbocycles. The number of nitrogens with two attached hydrogens (primary N) is 1. The molecule has 0 fully saturated rings. The molecule has 1 atom stereocenters. The maximum atomic E-state index is 5.56. The molecule has 96 valence electrons. The van der Waals surface area contributed by atoms with E-state index < -0.39 is 0 Å². The Morgan fingerprint density at radius 3 is 2.88 bits per heavy atom. The van der Waals surface area contributed by atoms with Gasteiger partial charge >= 0.3 is 0 Å². The molecule has 1 heterocycles. The lowest BCUT2D eigenvalue weighted by Gasteiger charge is -2.11. The van der Waals surface area contributed by atoms with E-state index in [1.165, 1.54) is 0 Å². The lowest BCUT2D eigenvalue weighted by atomic mass is 10.2. The second kappa shape index (κ2) is 7.06. The van der Waals surface area contributed by atoms with Gasteiger partial charge in [-0.05, 0) is 25.8 Å². The quantitative estimate of drug-likeness (QED) is 0.754. The average molecular weight is 238 g/mol. The van der Waals surface area contributed by atoms with Gasteiger partial charge in [-0.15, -0.1) is 0 Å². The molecule has 1 aromatic rings. The Hall–Kier alpha value is -1.36. The minimum Gasteiger partial charge on any atom is -0.478 e. The Bertz CT molecular complexity index is 343. The lowest BCUT2D eigenvalue weighted by molar-refractivity contribution is 0.305. The molecule has 0 amide bonds. The second-order valence-corrected chi connectivity index (χ2v) is 4.24. The van der Waals surface area contributed by atoms with E-state index >= 15 is 0 Å². The van der Waals surface area contributed by atoms with E-state index in [9.17, 15) is 0 Å². The number of aromatic nitrogens is 2. The van der Waals surface area contributed by atoms with Gasteiger partial charge in [0.25, 0.3) is 0 Å². The second-order valence-electron chi connectivity index (χ2n) is 4.24. The van der Waals surface area contributed by atoms with Crippen LogP contribution in [0.4, 0.5) is 5.95 Å². The summed E-state index contributed by atoms with van der Waals surface area (Å²) in [6.45, 7) is 8.17. The predicted molar refractivity (Wildman–Crippen MR) is 69.3 cm³/mol. The van der Waals surface area contributed by atoms with Crippen molar-refractivity contribution in [3.05, 3.63) is 11.8 Å². The fourth-order valence-corrected chi connectivity index (χ4v) is 1.25. The number of rotatable bonds is 7. The van der Waals surface area contributed by atoms with E-state index in [1.807, 2.05) is 13.0 Å². The van der Waals surface area contributed by atoms with Crippen LogP contribution < -0.4 is 15.8 Å². The van der Waals surface area contributed by atoms with Gasteiger partial charge in [0.15, 0.2) is 0 Å². The summed E-state index contributed by atoms with van der Waals surface area (Å²) < 4.78 is 5.49. The van der Waals surface area contributed by atoms with E-state index in [1.54, 1.807) is 0 Å². The number of ether oxygens (including phenoxy) is 1. The van der Waals surface area contributed by atoms with Gasteiger partial charge in [0.2, 0.25) is 11.8 Å². The Labute approximate surface area is 103 Å². The van der Waals surface area contributed by atoms with Gasteiger partial charge in [-0.25, -0.2) is 4.98 Å². The molecule has 1 unspecified atom stereocenters. The van der Waals surface area contributed by atoms with Crippen molar-refractivity contribution in [3.8, 4) is 5.88 Å².